The van der Waals surface area contributed by atoms with E-state index >= 15 is 0 Å². The number of nitrogens with zero attached hydrogens (tertiary/aromatic N) is 4. The number of nitrogens with one attached hydrogen (secondary N) is 1. The Morgan fingerprint density at radius 1 is 1.50 bits per heavy atom. The molecule has 1 saturated heterocycles. The topological polar surface area (TPSA) is 64.8 Å². The highest BCUT2D eigenvalue weighted by atomic mass is 32.1. The SMILES string of the molecule is N#CCc1nsc(N2CCNCC2)n1. The summed E-state index contributed by atoms with van der Waals surface area (Å²) in [7, 11) is 0. The summed E-state index contributed by atoms with van der Waals surface area (Å²) in [5.74, 6) is 0.644. The fraction of sp³-hybridized carbons (Fsp3) is 0.625. The van der Waals surface area contributed by atoms with Crippen LogP contribution in [-0.4, -0.2) is 35.5 Å². The molecular formula is C8H11N5S. The van der Waals surface area contributed by atoms with Gasteiger partial charge in [-0.3, -0.25) is 0 Å². The molecular weight excluding hydrogens is 198 g/mol. The van der Waals surface area contributed by atoms with E-state index in [0.717, 1.165) is 31.3 Å². The van der Waals surface area contributed by atoms with Crippen LogP contribution in [0.15, 0.2) is 0 Å². The predicted octanol–water partition coefficient (Wildman–Crippen LogP) is 0.0138. The zero-order valence-corrected chi connectivity index (χ0v) is 8.55. The van der Waals surface area contributed by atoms with Crippen molar-refractivity contribution in [1.82, 2.24) is 14.7 Å². The van der Waals surface area contributed by atoms with Crippen LogP contribution in [0.2, 0.25) is 0 Å². The highest BCUT2D eigenvalue weighted by Crippen LogP contribution is 2.17. The molecule has 0 atom stereocenters. The third-order valence-electron chi connectivity index (χ3n) is 2.08. The largest absolute Gasteiger partial charge is 0.344 e. The number of hydrogen-bond donors (Lipinski definition) is 1. The van der Waals surface area contributed by atoms with Gasteiger partial charge in [0.25, 0.3) is 0 Å². The Morgan fingerprint density at radius 3 is 3.00 bits per heavy atom. The summed E-state index contributed by atoms with van der Waals surface area (Å²) in [5.41, 5.74) is 0. The van der Waals surface area contributed by atoms with Crippen LogP contribution >= 0.6 is 11.5 Å². The van der Waals surface area contributed by atoms with Crippen molar-refractivity contribution in [3.05, 3.63) is 5.82 Å². The molecule has 1 N–H and O–H groups in total. The zero-order valence-electron chi connectivity index (χ0n) is 7.73. The average molecular weight is 209 g/mol. The minimum Gasteiger partial charge on any atom is -0.344 e. The first-order chi connectivity index (χ1) is 6.90. The highest BCUT2D eigenvalue weighted by molar-refractivity contribution is 7.09. The summed E-state index contributed by atoms with van der Waals surface area (Å²) < 4.78 is 4.13. The molecule has 0 aromatic carbocycles. The molecule has 1 aromatic rings. The molecule has 1 fully saturated rings. The van der Waals surface area contributed by atoms with Crippen molar-refractivity contribution < 1.29 is 0 Å². The smallest absolute Gasteiger partial charge is 0.205 e. The lowest BCUT2D eigenvalue weighted by Gasteiger charge is -2.26. The first-order valence-electron chi connectivity index (χ1n) is 4.55. The average Bonchev–Trinajstić information content (AvgIpc) is 2.68. The molecule has 74 valence electrons. The molecule has 6 heteroatoms. The van der Waals surface area contributed by atoms with Gasteiger partial charge in [0, 0.05) is 37.7 Å². The van der Waals surface area contributed by atoms with E-state index in [0.29, 0.717) is 12.2 Å². The Hall–Kier alpha value is -1.19. The molecule has 1 aromatic heterocycles. The predicted molar refractivity (Wildman–Crippen MR) is 54.3 cm³/mol. The third kappa shape index (κ3) is 2.00. The first-order valence-corrected chi connectivity index (χ1v) is 5.32. The van der Waals surface area contributed by atoms with E-state index in [4.69, 9.17) is 5.26 Å². The van der Waals surface area contributed by atoms with Crippen LogP contribution < -0.4 is 10.2 Å². The second-order valence-electron chi connectivity index (χ2n) is 3.07. The van der Waals surface area contributed by atoms with Crippen molar-refractivity contribution >= 4 is 16.7 Å². The van der Waals surface area contributed by atoms with Gasteiger partial charge < -0.3 is 10.2 Å². The lowest BCUT2D eigenvalue weighted by Crippen LogP contribution is -2.43. The number of rotatable bonds is 2. The van der Waals surface area contributed by atoms with Crippen LogP contribution in [0.25, 0.3) is 0 Å². The minimum atomic E-state index is 0.308. The molecule has 0 aliphatic carbocycles. The summed E-state index contributed by atoms with van der Waals surface area (Å²) in [4.78, 5) is 6.51. The van der Waals surface area contributed by atoms with Gasteiger partial charge in [-0.2, -0.15) is 9.64 Å². The van der Waals surface area contributed by atoms with Gasteiger partial charge in [-0.1, -0.05) is 0 Å². The van der Waals surface area contributed by atoms with Gasteiger partial charge in [-0.15, -0.1) is 0 Å². The number of hydrogen-bond acceptors (Lipinski definition) is 6. The molecule has 1 aliphatic rings. The Balaban J connectivity index is 2.04. The molecule has 0 spiro atoms. The molecule has 2 rings (SSSR count). The van der Waals surface area contributed by atoms with Crippen LogP contribution in [0.5, 0.6) is 0 Å². The maximum atomic E-state index is 8.49. The van der Waals surface area contributed by atoms with E-state index < -0.39 is 0 Å². The van der Waals surface area contributed by atoms with Crippen molar-refractivity contribution in [2.24, 2.45) is 0 Å². The second-order valence-corrected chi connectivity index (χ2v) is 3.80. The van der Waals surface area contributed by atoms with Gasteiger partial charge >= 0.3 is 0 Å². The van der Waals surface area contributed by atoms with Gasteiger partial charge in [0.05, 0.1) is 12.5 Å². The number of anilines is 1. The molecule has 0 radical (unpaired) electrons. The Kier molecular flexibility index (Phi) is 2.91. The van der Waals surface area contributed by atoms with Gasteiger partial charge in [0.15, 0.2) is 5.82 Å². The second kappa shape index (κ2) is 4.35. The lowest BCUT2D eigenvalue weighted by atomic mass is 10.4. The van der Waals surface area contributed by atoms with Crippen molar-refractivity contribution in [1.29, 1.82) is 5.26 Å². The fourth-order valence-electron chi connectivity index (χ4n) is 1.37. The van der Waals surface area contributed by atoms with Gasteiger partial charge in [-0.05, 0) is 0 Å². The van der Waals surface area contributed by atoms with Gasteiger partial charge in [0.1, 0.15) is 0 Å². The quantitative estimate of drug-likeness (QED) is 0.743. The van der Waals surface area contributed by atoms with E-state index in [1.54, 1.807) is 0 Å². The van der Waals surface area contributed by atoms with E-state index in [-0.39, 0.29) is 0 Å². The molecule has 2 heterocycles. The number of nitriles is 1. The summed E-state index contributed by atoms with van der Waals surface area (Å²) in [5, 5.41) is 12.7. The maximum absolute atomic E-state index is 8.49. The Labute approximate surface area is 86.5 Å². The standard InChI is InChI=1S/C8H11N5S/c9-2-1-7-11-8(14-12-7)13-5-3-10-4-6-13/h10H,1,3-6H2. The molecule has 1 aliphatic heterocycles. The van der Waals surface area contributed by atoms with Crippen molar-refractivity contribution in [3.63, 3.8) is 0 Å². The molecule has 0 amide bonds. The van der Waals surface area contributed by atoms with E-state index in [2.05, 4.69) is 25.6 Å². The van der Waals surface area contributed by atoms with Crippen LogP contribution in [0.4, 0.5) is 5.13 Å². The maximum Gasteiger partial charge on any atom is 0.205 e. The van der Waals surface area contributed by atoms with E-state index in [1.807, 2.05) is 0 Å². The van der Waals surface area contributed by atoms with E-state index in [9.17, 15) is 0 Å². The molecule has 0 saturated carbocycles. The number of piperazine rings is 1. The normalized spacial score (nSPS) is 16.6. The summed E-state index contributed by atoms with van der Waals surface area (Å²) in [6.45, 7) is 3.93. The van der Waals surface area contributed by atoms with Crippen LogP contribution in [-0.2, 0) is 6.42 Å². The molecule has 0 bridgehead atoms. The Morgan fingerprint density at radius 2 is 2.29 bits per heavy atom. The first kappa shape index (κ1) is 9.37. The van der Waals surface area contributed by atoms with Crippen LogP contribution in [0.1, 0.15) is 5.82 Å². The zero-order chi connectivity index (χ0) is 9.80. The summed E-state index contributed by atoms with van der Waals surface area (Å²) in [6, 6.07) is 2.05. The fourth-order valence-corrected chi connectivity index (χ4v) is 2.11. The highest BCUT2D eigenvalue weighted by Gasteiger charge is 2.14. The summed E-state index contributed by atoms with van der Waals surface area (Å²) >= 11 is 1.38. The molecule has 0 unspecified atom stereocenters. The van der Waals surface area contributed by atoms with Crippen molar-refractivity contribution in [3.8, 4) is 6.07 Å². The number of aromatic nitrogens is 2. The Bertz CT molecular complexity index is 336. The summed E-state index contributed by atoms with van der Waals surface area (Å²) in [6.07, 6.45) is 0.308. The van der Waals surface area contributed by atoms with E-state index in [1.165, 1.54) is 11.5 Å². The monoisotopic (exact) mass is 209 g/mol. The van der Waals surface area contributed by atoms with Crippen LogP contribution in [0.3, 0.4) is 0 Å². The molecule has 5 nitrogen and oxygen atoms in total. The lowest BCUT2D eigenvalue weighted by molar-refractivity contribution is 0.588. The van der Waals surface area contributed by atoms with Gasteiger partial charge in [-0.25, -0.2) is 4.98 Å². The third-order valence-corrected chi connectivity index (χ3v) is 2.90. The van der Waals surface area contributed by atoms with Crippen molar-refractivity contribution in [2.75, 3.05) is 31.1 Å². The van der Waals surface area contributed by atoms with Crippen molar-refractivity contribution in [2.45, 2.75) is 6.42 Å². The molecule has 14 heavy (non-hydrogen) atoms. The van der Waals surface area contributed by atoms with Gasteiger partial charge in [0.2, 0.25) is 5.13 Å². The van der Waals surface area contributed by atoms with Crippen LogP contribution in [0, 0.1) is 11.3 Å². The minimum absolute atomic E-state index is 0.308.